The average Bonchev–Trinajstić information content (AvgIpc) is 2.86. The Balaban J connectivity index is 2.18. The van der Waals surface area contributed by atoms with Gasteiger partial charge in [0, 0.05) is 17.2 Å². The van der Waals surface area contributed by atoms with Gasteiger partial charge in [0.1, 0.15) is 0 Å². The molecule has 0 atom stereocenters. The highest BCUT2D eigenvalue weighted by molar-refractivity contribution is 9.11. The zero-order valence-corrected chi connectivity index (χ0v) is 11.7. The highest BCUT2D eigenvalue weighted by Crippen LogP contribution is 2.15. The number of benzene rings is 1. The Hall–Kier alpha value is -2.08. The minimum Gasteiger partial charge on any atom is -0.397 e. The van der Waals surface area contributed by atoms with Gasteiger partial charge in [-0.2, -0.15) is 5.10 Å². The molecule has 0 aliphatic carbocycles. The molecule has 0 spiro atoms. The third kappa shape index (κ3) is 3.23. The molecule has 0 unspecified atom stereocenters. The lowest BCUT2D eigenvalue weighted by molar-refractivity contribution is 0.0952. The summed E-state index contributed by atoms with van der Waals surface area (Å²) in [6, 6.07) is 8.97. The summed E-state index contributed by atoms with van der Waals surface area (Å²) >= 11 is 3.18. The molecule has 1 aromatic carbocycles. The lowest BCUT2D eigenvalue weighted by Gasteiger charge is -2.04. The quantitative estimate of drug-likeness (QED) is 0.847. The van der Waals surface area contributed by atoms with Gasteiger partial charge in [0.05, 0.1) is 11.4 Å². The summed E-state index contributed by atoms with van der Waals surface area (Å²) in [6.45, 7) is 4.01. The van der Waals surface area contributed by atoms with Crippen molar-refractivity contribution >= 4 is 27.5 Å². The molecular weight excluding hydrogens is 308 g/mol. The summed E-state index contributed by atoms with van der Waals surface area (Å²) in [5, 5.41) is 6.88. The van der Waals surface area contributed by atoms with Gasteiger partial charge >= 0.3 is 0 Å². The van der Waals surface area contributed by atoms with Crippen molar-refractivity contribution in [3.63, 3.8) is 0 Å². The number of aromatic nitrogens is 2. The van der Waals surface area contributed by atoms with Crippen LogP contribution in [0.4, 0.5) is 5.69 Å². The number of nitrogens with zero attached hydrogens (tertiary/aromatic N) is 2. The molecule has 0 aliphatic rings. The number of nitrogens with two attached hydrogens (primary N) is 1. The predicted molar refractivity (Wildman–Crippen MR) is 78.4 cm³/mol. The first-order valence-electron chi connectivity index (χ1n) is 5.60. The van der Waals surface area contributed by atoms with Crippen LogP contribution >= 0.6 is 15.9 Å². The maximum Gasteiger partial charge on any atom is 0.272 e. The molecule has 3 N–H and O–H groups in total. The van der Waals surface area contributed by atoms with E-state index in [1.165, 1.54) is 0 Å². The van der Waals surface area contributed by atoms with Crippen molar-refractivity contribution in [2.75, 3.05) is 12.3 Å². The Labute approximate surface area is 119 Å². The predicted octanol–water partition coefficient (Wildman–Crippen LogP) is 2.09. The van der Waals surface area contributed by atoms with Crippen molar-refractivity contribution in [2.24, 2.45) is 0 Å². The van der Waals surface area contributed by atoms with Crippen molar-refractivity contribution in [1.29, 1.82) is 0 Å². The number of amides is 1. The molecule has 1 aromatic heterocycles. The first kappa shape index (κ1) is 13.4. The van der Waals surface area contributed by atoms with Crippen LogP contribution in [0, 0.1) is 0 Å². The zero-order chi connectivity index (χ0) is 13.8. The molecule has 1 amide bonds. The normalized spacial score (nSPS) is 10.2. The monoisotopic (exact) mass is 320 g/mol. The maximum absolute atomic E-state index is 11.8. The number of carbonyl (C=O) groups is 1. The molecule has 0 fully saturated rings. The van der Waals surface area contributed by atoms with Crippen molar-refractivity contribution in [1.82, 2.24) is 15.1 Å². The van der Waals surface area contributed by atoms with E-state index < -0.39 is 0 Å². The SMILES string of the molecule is C=C(Br)CNC(=O)c1ccn(-c2ccccc2N)n1. The number of hydrogen-bond acceptors (Lipinski definition) is 3. The van der Waals surface area contributed by atoms with E-state index in [0.29, 0.717) is 22.4 Å². The molecule has 19 heavy (non-hydrogen) atoms. The van der Waals surface area contributed by atoms with E-state index in [4.69, 9.17) is 5.73 Å². The summed E-state index contributed by atoms with van der Waals surface area (Å²) in [5.74, 6) is -0.256. The van der Waals surface area contributed by atoms with Crippen molar-refractivity contribution in [3.8, 4) is 5.69 Å². The maximum atomic E-state index is 11.8. The van der Waals surface area contributed by atoms with E-state index in [9.17, 15) is 4.79 Å². The summed E-state index contributed by atoms with van der Waals surface area (Å²) in [6.07, 6.45) is 1.70. The average molecular weight is 321 g/mol. The molecule has 98 valence electrons. The Morgan fingerprint density at radius 1 is 1.42 bits per heavy atom. The van der Waals surface area contributed by atoms with Gasteiger partial charge in [-0.15, -0.1) is 0 Å². The molecule has 0 saturated carbocycles. The van der Waals surface area contributed by atoms with Gasteiger partial charge in [-0.25, -0.2) is 4.68 Å². The highest BCUT2D eigenvalue weighted by Gasteiger charge is 2.10. The number of rotatable bonds is 4. The molecule has 2 rings (SSSR count). The fourth-order valence-electron chi connectivity index (χ4n) is 1.54. The van der Waals surface area contributed by atoms with Crippen LogP contribution in [0.1, 0.15) is 10.5 Å². The molecule has 2 aromatic rings. The molecule has 6 heteroatoms. The second kappa shape index (κ2) is 5.71. The molecular formula is C13H13BrN4O. The van der Waals surface area contributed by atoms with Gasteiger partial charge in [-0.3, -0.25) is 4.79 Å². The summed E-state index contributed by atoms with van der Waals surface area (Å²) in [7, 11) is 0. The standard InChI is InChI=1S/C13H13BrN4O/c1-9(14)8-16-13(19)11-6-7-18(17-11)12-5-3-2-4-10(12)15/h2-7H,1,8,15H2,(H,16,19). The highest BCUT2D eigenvalue weighted by atomic mass is 79.9. The van der Waals surface area contributed by atoms with Crippen LogP contribution in [-0.2, 0) is 0 Å². The first-order chi connectivity index (χ1) is 9.08. The van der Waals surface area contributed by atoms with E-state index >= 15 is 0 Å². The Bertz CT molecular complexity index is 621. The molecule has 0 bridgehead atoms. The van der Waals surface area contributed by atoms with Gasteiger partial charge in [0.15, 0.2) is 5.69 Å². The topological polar surface area (TPSA) is 72.9 Å². The molecule has 5 nitrogen and oxygen atoms in total. The van der Waals surface area contributed by atoms with Crippen LogP contribution in [0.3, 0.4) is 0 Å². The number of para-hydroxylation sites is 2. The fraction of sp³-hybridized carbons (Fsp3) is 0.0769. The number of nitrogens with one attached hydrogen (secondary N) is 1. The van der Waals surface area contributed by atoms with Crippen LogP contribution in [-0.4, -0.2) is 22.2 Å². The first-order valence-corrected chi connectivity index (χ1v) is 6.39. The number of carbonyl (C=O) groups excluding carboxylic acids is 1. The summed E-state index contributed by atoms with van der Waals surface area (Å²) < 4.78 is 2.28. The molecule has 0 aliphatic heterocycles. The van der Waals surface area contributed by atoms with E-state index in [0.717, 1.165) is 5.69 Å². The minimum atomic E-state index is -0.256. The molecule has 1 heterocycles. The van der Waals surface area contributed by atoms with Gasteiger partial charge in [0.25, 0.3) is 5.91 Å². The molecule has 0 saturated heterocycles. The minimum absolute atomic E-state index is 0.256. The van der Waals surface area contributed by atoms with E-state index in [1.807, 2.05) is 18.2 Å². The number of nitrogen functional groups attached to an aromatic ring is 1. The Morgan fingerprint density at radius 2 is 2.16 bits per heavy atom. The summed E-state index contributed by atoms with van der Waals surface area (Å²) in [4.78, 5) is 11.8. The third-order valence-corrected chi connectivity index (χ3v) is 2.73. The lowest BCUT2D eigenvalue weighted by Crippen LogP contribution is -2.25. The van der Waals surface area contributed by atoms with Gasteiger partial charge in [-0.1, -0.05) is 34.6 Å². The smallest absolute Gasteiger partial charge is 0.272 e. The van der Waals surface area contributed by atoms with E-state index in [1.54, 1.807) is 23.0 Å². The summed E-state index contributed by atoms with van der Waals surface area (Å²) in [5.41, 5.74) is 7.53. The van der Waals surface area contributed by atoms with Crippen molar-refractivity contribution in [2.45, 2.75) is 0 Å². The molecule has 0 radical (unpaired) electrons. The Morgan fingerprint density at radius 3 is 2.84 bits per heavy atom. The van der Waals surface area contributed by atoms with Crippen LogP contribution in [0.25, 0.3) is 5.69 Å². The van der Waals surface area contributed by atoms with Crippen LogP contribution in [0.15, 0.2) is 47.6 Å². The van der Waals surface area contributed by atoms with E-state index in [-0.39, 0.29) is 5.91 Å². The number of halogens is 1. The number of hydrogen-bond donors (Lipinski definition) is 2. The van der Waals surface area contributed by atoms with Gasteiger partial charge in [-0.05, 0) is 18.2 Å². The largest absolute Gasteiger partial charge is 0.397 e. The van der Waals surface area contributed by atoms with Crippen LogP contribution < -0.4 is 11.1 Å². The second-order valence-corrected chi connectivity index (χ2v) is 5.03. The van der Waals surface area contributed by atoms with Crippen molar-refractivity contribution in [3.05, 3.63) is 53.3 Å². The van der Waals surface area contributed by atoms with E-state index in [2.05, 4.69) is 32.9 Å². The zero-order valence-electron chi connectivity index (χ0n) is 10.1. The second-order valence-electron chi connectivity index (χ2n) is 3.90. The van der Waals surface area contributed by atoms with Gasteiger partial charge in [0.2, 0.25) is 0 Å². The third-order valence-electron chi connectivity index (χ3n) is 2.45. The number of anilines is 1. The van der Waals surface area contributed by atoms with Crippen molar-refractivity contribution < 1.29 is 4.79 Å². The lowest BCUT2D eigenvalue weighted by atomic mass is 10.3. The fourth-order valence-corrected chi connectivity index (χ4v) is 1.68. The van der Waals surface area contributed by atoms with Crippen LogP contribution in [0.5, 0.6) is 0 Å². The Kier molecular flexibility index (Phi) is 4.01. The van der Waals surface area contributed by atoms with Crippen LogP contribution in [0.2, 0.25) is 0 Å². The van der Waals surface area contributed by atoms with Gasteiger partial charge < -0.3 is 11.1 Å².